The Balaban J connectivity index is 2.15. The fourth-order valence-electron chi connectivity index (χ4n) is 1.66. The second kappa shape index (κ2) is 1.82. The van der Waals surface area contributed by atoms with Crippen molar-refractivity contribution < 1.29 is 0 Å². The molecule has 0 spiro atoms. The second-order valence-corrected chi connectivity index (χ2v) is 2.98. The molecule has 1 N–H and O–H groups in total. The average Bonchev–Trinajstić information content (AvgIpc) is 2.22. The molecule has 0 aromatic rings. The zero-order valence-electron chi connectivity index (χ0n) is 5.78. The van der Waals surface area contributed by atoms with Gasteiger partial charge in [-0.25, -0.2) is 0 Å². The molecular formula is C7H12N2. The van der Waals surface area contributed by atoms with E-state index in [1.807, 2.05) is 0 Å². The van der Waals surface area contributed by atoms with E-state index < -0.39 is 0 Å². The SMILES string of the molecule is CN1CC2=C(CNC2)C1. The maximum absolute atomic E-state index is 3.34. The molecular weight excluding hydrogens is 112 g/mol. The lowest BCUT2D eigenvalue weighted by atomic mass is 10.2. The number of rotatable bonds is 0. The van der Waals surface area contributed by atoms with Gasteiger partial charge in [-0.1, -0.05) is 0 Å². The third-order valence-electron chi connectivity index (χ3n) is 2.10. The van der Waals surface area contributed by atoms with Crippen molar-refractivity contribution in [3.05, 3.63) is 11.1 Å². The van der Waals surface area contributed by atoms with Crippen LogP contribution in [0.1, 0.15) is 0 Å². The third kappa shape index (κ3) is 0.787. The maximum atomic E-state index is 3.34. The van der Waals surface area contributed by atoms with Crippen molar-refractivity contribution in [1.82, 2.24) is 10.2 Å². The average molecular weight is 124 g/mol. The fourth-order valence-corrected chi connectivity index (χ4v) is 1.66. The molecule has 0 bridgehead atoms. The molecule has 2 aliphatic rings. The number of nitrogens with zero attached hydrogens (tertiary/aromatic N) is 1. The molecule has 0 atom stereocenters. The van der Waals surface area contributed by atoms with Crippen LogP contribution < -0.4 is 5.32 Å². The molecule has 2 rings (SSSR count). The van der Waals surface area contributed by atoms with Crippen molar-refractivity contribution in [2.24, 2.45) is 0 Å². The monoisotopic (exact) mass is 124 g/mol. The van der Waals surface area contributed by atoms with Crippen molar-refractivity contribution in [3.63, 3.8) is 0 Å². The Morgan fingerprint density at radius 3 is 2.33 bits per heavy atom. The first-order chi connectivity index (χ1) is 4.36. The molecule has 2 nitrogen and oxygen atoms in total. The summed E-state index contributed by atoms with van der Waals surface area (Å²) in [6.45, 7) is 4.67. The Labute approximate surface area is 55.5 Å². The van der Waals surface area contributed by atoms with Gasteiger partial charge in [-0.2, -0.15) is 0 Å². The van der Waals surface area contributed by atoms with E-state index >= 15 is 0 Å². The van der Waals surface area contributed by atoms with Gasteiger partial charge in [0.05, 0.1) is 0 Å². The highest BCUT2D eigenvalue weighted by molar-refractivity contribution is 5.29. The summed E-state index contributed by atoms with van der Waals surface area (Å²) in [5.41, 5.74) is 3.27. The van der Waals surface area contributed by atoms with Crippen LogP contribution >= 0.6 is 0 Å². The van der Waals surface area contributed by atoms with Gasteiger partial charge in [0, 0.05) is 26.2 Å². The summed E-state index contributed by atoms with van der Waals surface area (Å²) in [6, 6.07) is 0. The van der Waals surface area contributed by atoms with Crippen molar-refractivity contribution in [3.8, 4) is 0 Å². The first-order valence-electron chi connectivity index (χ1n) is 3.45. The van der Waals surface area contributed by atoms with E-state index in [1.54, 1.807) is 11.1 Å². The van der Waals surface area contributed by atoms with Crippen LogP contribution in [-0.2, 0) is 0 Å². The minimum atomic E-state index is 1.14. The Bertz CT molecular complexity index is 144. The lowest BCUT2D eigenvalue weighted by Crippen LogP contribution is -2.22. The number of hydrogen-bond acceptors (Lipinski definition) is 2. The van der Waals surface area contributed by atoms with E-state index in [4.69, 9.17) is 0 Å². The van der Waals surface area contributed by atoms with E-state index in [2.05, 4.69) is 17.3 Å². The minimum Gasteiger partial charge on any atom is -0.309 e. The molecule has 0 aromatic heterocycles. The van der Waals surface area contributed by atoms with Gasteiger partial charge in [0.25, 0.3) is 0 Å². The molecule has 9 heavy (non-hydrogen) atoms. The largest absolute Gasteiger partial charge is 0.309 e. The van der Waals surface area contributed by atoms with Gasteiger partial charge in [0.2, 0.25) is 0 Å². The van der Waals surface area contributed by atoms with Crippen LogP contribution in [0, 0.1) is 0 Å². The van der Waals surface area contributed by atoms with Crippen LogP contribution in [0.3, 0.4) is 0 Å². The molecule has 0 saturated carbocycles. The highest BCUT2D eigenvalue weighted by Gasteiger charge is 2.21. The fraction of sp³-hybridized carbons (Fsp3) is 0.714. The number of likely N-dealkylation sites (N-methyl/N-ethyl adjacent to an activating group) is 1. The quantitative estimate of drug-likeness (QED) is 0.451. The van der Waals surface area contributed by atoms with Crippen molar-refractivity contribution in [1.29, 1.82) is 0 Å². The Morgan fingerprint density at radius 2 is 1.78 bits per heavy atom. The van der Waals surface area contributed by atoms with Crippen molar-refractivity contribution in [2.75, 3.05) is 33.2 Å². The number of nitrogens with one attached hydrogen (secondary N) is 1. The highest BCUT2D eigenvalue weighted by atomic mass is 15.1. The van der Waals surface area contributed by atoms with Crippen LogP contribution in [-0.4, -0.2) is 38.1 Å². The topological polar surface area (TPSA) is 15.3 Å². The van der Waals surface area contributed by atoms with Gasteiger partial charge in [0.1, 0.15) is 0 Å². The van der Waals surface area contributed by atoms with Gasteiger partial charge >= 0.3 is 0 Å². The van der Waals surface area contributed by atoms with Gasteiger partial charge in [-0.3, -0.25) is 4.90 Å². The molecule has 2 aliphatic heterocycles. The summed E-state index contributed by atoms with van der Waals surface area (Å²) in [7, 11) is 2.18. The van der Waals surface area contributed by atoms with Crippen LogP contribution in [0.25, 0.3) is 0 Å². The van der Waals surface area contributed by atoms with Crippen molar-refractivity contribution >= 4 is 0 Å². The Hall–Kier alpha value is -0.340. The molecule has 50 valence electrons. The summed E-state index contributed by atoms with van der Waals surface area (Å²) in [4.78, 5) is 2.37. The molecule has 2 heteroatoms. The number of hydrogen-bond donors (Lipinski definition) is 1. The molecule has 0 aliphatic carbocycles. The molecule has 0 saturated heterocycles. The molecule has 2 heterocycles. The van der Waals surface area contributed by atoms with E-state index in [0.717, 1.165) is 13.1 Å². The third-order valence-corrected chi connectivity index (χ3v) is 2.10. The first kappa shape index (κ1) is 5.45. The molecule has 0 fully saturated rings. The van der Waals surface area contributed by atoms with E-state index in [0.29, 0.717) is 0 Å². The van der Waals surface area contributed by atoms with Crippen LogP contribution in [0.4, 0.5) is 0 Å². The lowest BCUT2D eigenvalue weighted by molar-refractivity contribution is 0.414. The van der Waals surface area contributed by atoms with Crippen LogP contribution in [0.2, 0.25) is 0 Å². The summed E-state index contributed by atoms with van der Waals surface area (Å²) < 4.78 is 0. The lowest BCUT2D eigenvalue weighted by Gasteiger charge is -2.09. The van der Waals surface area contributed by atoms with Crippen LogP contribution in [0.15, 0.2) is 11.1 Å². The zero-order valence-corrected chi connectivity index (χ0v) is 5.78. The standard InChI is InChI=1S/C7H12N2/c1-9-4-6-2-8-3-7(6)5-9/h8H,2-5H2,1H3. The normalized spacial score (nSPS) is 27.7. The summed E-state index contributed by atoms with van der Waals surface area (Å²) in [5.74, 6) is 0. The minimum absolute atomic E-state index is 1.14. The van der Waals surface area contributed by atoms with E-state index in [-0.39, 0.29) is 0 Å². The van der Waals surface area contributed by atoms with Gasteiger partial charge in [-0.15, -0.1) is 0 Å². The van der Waals surface area contributed by atoms with Crippen molar-refractivity contribution in [2.45, 2.75) is 0 Å². The predicted octanol–water partition coefficient (Wildman–Crippen LogP) is -0.168. The summed E-state index contributed by atoms with van der Waals surface area (Å²) >= 11 is 0. The Morgan fingerprint density at radius 1 is 1.22 bits per heavy atom. The summed E-state index contributed by atoms with van der Waals surface area (Å²) in [5, 5.41) is 3.34. The first-order valence-corrected chi connectivity index (χ1v) is 3.45. The molecule has 0 amide bonds. The summed E-state index contributed by atoms with van der Waals surface area (Å²) in [6.07, 6.45) is 0. The van der Waals surface area contributed by atoms with Crippen LogP contribution in [0.5, 0.6) is 0 Å². The molecule has 0 aromatic carbocycles. The molecule has 0 unspecified atom stereocenters. The predicted molar refractivity (Wildman–Crippen MR) is 37.4 cm³/mol. The highest BCUT2D eigenvalue weighted by Crippen LogP contribution is 2.17. The maximum Gasteiger partial charge on any atom is 0.0209 e. The second-order valence-electron chi connectivity index (χ2n) is 2.98. The smallest absolute Gasteiger partial charge is 0.0209 e. The van der Waals surface area contributed by atoms with E-state index in [1.165, 1.54) is 13.1 Å². The Kier molecular flexibility index (Phi) is 1.10. The zero-order chi connectivity index (χ0) is 6.27. The van der Waals surface area contributed by atoms with Gasteiger partial charge in [0.15, 0.2) is 0 Å². The van der Waals surface area contributed by atoms with Gasteiger partial charge < -0.3 is 5.32 Å². The van der Waals surface area contributed by atoms with Gasteiger partial charge in [-0.05, 0) is 18.2 Å². The van der Waals surface area contributed by atoms with E-state index in [9.17, 15) is 0 Å². The molecule has 0 radical (unpaired) electrons.